The molecule has 2 N–H and O–H groups in total. The van der Waals surface area contributed by atoms with Crippen molar-refractivity contribution in [1.29, 1.82) is 0 Å². The summed E-state index contributed by atoms with van der Waals surface area (Å²) in [5, 5.41) is 0.779. The van der Waals surface area contributed by atoms with Crippen LogP contribution in [0, 0.1) is 5.92 Å². The van der Waals surface area contributed by atoms with Crippen molar-refractivity contribution < 1.29 is 0 Å². The number of rotatable bonds is 5. The molecule has 0 amide bonds. The van der Waals surface area contributed by atoms with Crippen LogP contribution in [0.15, 0.2) is 11.5 Å². The number of imidazole rings is 1. The van der Waals surface area contributed by atoms with Crippen LogP contribution in [0.1, 0.15) is 52.0 Å². The van der Waals surface area contributed by atoms with Gasteiger partial charge in [0.05, 0.1) is 6.33 Å². The number of unbranched alkanes of at least 4 members (excludes halogenated alkanes) is 1. The van der Waals surface area contributed by atoms with Crippen LogP contribution in [0.3, 0.4) is 0 Å². The molecular weight excluding hydrogens is 282 g/mol. The highest BCUT2D eigenvalue weighted by Gasteiger charge is 2.25. The third kappa shape index (κ3) is 3.00. The minimum atomic E-state index is 0.504. The summed E-state index contributed by atoms with van der Waals surface area (Å²) in [6.07, 6.45) is 7.93. The molecule has 0 spiro atoms. The third-order valence-corrected chi connectivity index (χ3v) is 5.15. The maximum Gasteiger partial charge on any atom is 0.191 e. The Morgan fingerprint density at radius 3 is 2.95 bits per heavy atom. The Morgan fingerprint density at radius 2 is 2.24 bits per heavy atom. The van der Waals surface area contributed by atoms with Gasteiger partial charge < -0.3 is 10.3 Å². The normalized spacial score (nSPS) is 22.2. The van der Waals surface area contributed by atoms with Gasteiger partial charge in [-0.05, 0) is 31.6 Å². The van der Waals surface area contributed by atoms with Gasteiger partial charge in [-0.15, -0.1) is 0 Å². The van der Waals surface area contributed by atoms with E-state index in [1.807, 2.05) is 6.33 Å². The van der Waals surface area contributed by atoms with E-state index in [0.717, 1.165) is 28.0 Å². The van der Waals surface area contributed by atoms with E-state index < -0.39 is 0 Å². The van der Waals surface area contributed by atoms with E-state index in [1.165, 1.54) is 32.1 Å². The molecule has 1 aliphatic carbocycles. The van der Waals surface area contributed by atoms with Crippen molar-refractivity contribution in [1.82, 2.24) is 19.5 Å². The quantitative estimate of drug-likeness (QED) is 0.518. The number of aromatic nitrogens is 4. The molecule has 2 aromatic rings. The lowest BCUT2D eigenvalue weighted by Gasteiger charge is -2.12. The first-order chi connectivity index (χ1) is 10.2. The predicted octanol–water partition coefficient (Wildman–Crippen LogP) is 3.66. The number of anilines is 1. The lowest BCUT2D eigenvalue weighted by Crippen LogP contribution is -2.06. The van der Waals surface area contributed by atoms with Gasteiger partial charge in [0.15, 0.2) is 16.6 Å². The Morgan fingerprint density at radius 1 is 1.38 bits per heavy atom. The molecule has 0 bridgehead atoms. The van der Waals surface area contributed by atoms with Gasteiger partial charge in [-0.2, -0.15) is 0 Å². The maximum absolute atomic E-state index is 6.06. The first-order valence-corrected chi connectivity index (χ1v) is 8.80. The van der Waals surface area contributed by atoms with Crippen molar-refractivity contribution in [3.05, 3.63) is 6.33 Å². The minimum absolute atomic E-state index is 0.504. The van der Waals surface area contributed by atoms with Crippen molar-refractivity contribution >= 4 is 28.7 Å². The zero-order valence-corrected chi connectivity index (χ0v) is 13.6. The van der Waals surface area contributed by atoms with Crippen LogP contribution < -0.4 is 5.73 Å². The van der Waals surface area contributed by atoms with Crippen LogP contribution in [-0.2, 0) is 0 Å². The Balaban J connectivity index is 1.91. The van der Waals surface area contributed by atoms with E-state index in [0.29, 0.717) is 11.9 Å². The Labute approximate surface area is 129 Å². The maximum atomic E-state index is 6.06. The van der Waals surface area contributed by atoms with Gasteiger partial charge >= 0.3 is 0 Å². The summed E-state index contributed by atoms with van der Waals surface area (Å²) in [5.41, 5.74) is 7.71. The molecule has 114 valence electrons. The number of nitrogens with zero attached hydrogens (tertiary/aromatic N) is 4. The Hall–Kier alpha value is -1.30. The zero-order chi connectivity index (χ0) is 14.8. The number of fused-ring (bicyclic) bond motifs is 1. The predicted molar refractivity (Wildman–Crippen MR) is 87.4 cm³/mol. The first kappa shape index (κ1) is 14.6. The van der Waals surface area contributed by atoms with Gasteiger partial charge in [0.2, 0.25) is 0 Å². The summed E-state index contributed by atoms with van der Waals surface area (Å²) in [5.74, 6) is 2.32. The monoisotopic (exact) mass is 305 g/mol. The molecular formula is C15H23N5S. The Bertz CT molecular complexity index is 624. The standard InChI is InChI=1S/C15H23N5S/c1-3-4-7-21-15-18-13(16)12-14(19-15)20(9-17-12)11-6-5-10(2)8-11/h9-11H,3-8H2,1-2H3,(H2,16,18,19). The van der Waals surface area contributed by atoms with Crippen molar-refractivity contribution in [2.75, 3.05) is 11.5 Å². The molecule has 21 heavy (non-hydrogen) atoms. The molecule has 0 saturated heterocycles. The second kappa shape index (κ2) is 6.22. The molecule has 2 heterocycles. The van der Waals surface area contributed by atoms with Crippen molar-refractivity contribution in [2.24, 2.45) is 5.92 Å². The van der Waals surface area contributed by atoms with Crippen molar-refractivity contribution in [3.63, 3.8) is 0 Å². The van der Waals surface area contributed by atoms with E-state index in [9.17, 15) is 0 Å². The highest BCUT2D eigenvalue weighted by molar-refractivity contribution is 7.99. The molecule has 1 fully saturated rings. The molecule has 3 rings (SSSR count). The van der Waals surface area contributed by atoms with Crippen LogP contribution in [-0.4, -0.2) is 25.3 Å². The van der Waals surface area contributed by atoms with Gasteiger partial charge in [0.25, 0.3) is 0 Å². The molecule has 0 aromatic carbocycles. The fraction of sp³-hybridized carbons (Fsp3) is 0.667. The van der Waals surface area contributed by atoms with Crippen LogP contribution >= 0.6 is 11.8 Å². The highest BCUT2D eigenvalue weighted by Crippen LogP contribution is 2.36. The molecule has 0 radical (unpaired) electrons. The summed E-state index contributed by atoms with van der Waals surface area (Å²) >= 11 is 1.69. The second-order valence-corrected chi connectivity index (χ2v) is 7.05. The average molecular weight is 305 g/mol. The van der Waals surface area contributed by atoms with Crippen molar-refractivity contribution in [3.8, 4) is 0 Å². The molecule has 1 aliphatic rings. The molecule has 2 atom stereocenters. The molecule has 5 nitrogen and oxygen atoms in total. The lowest BCUT2D eigenvalue weighted by atomic mass is 10.1. The second-order valence-electron chi connectivity index (χ2n) is 5.99. The van der Waals surface area contributed by atoms with Crippen molar-refractivity contribution in [2.45, 2.75) is 57.1 Å². The fourth-order valence-electron chi connectivity index (χ4n) is 2.99. The average Bonchev–Trinajstić information content (AvgIpc) is 3.05. The largest absolute Gasteiger partial charge is 0.382 e. The lowest BCUT2D eigenvalue weighted by molar-refractivity contribution is 0.501. The summed E-state index contributed by atoms with van der Waals surface area (Å²) in [6.45, 7) is 4.50. The van der Waals surface area contributed by atoms with Gasteiger partial charge in [-0.3, -0.25) is 0 Å². The topological polar surface area (TPSA) is 69.6 Å². The van der Waals surface area contributed by atoms with E-state index in [4.69, 9.17) is 10.7 Å². The molecule has 6 heteroatoms. The SMILES string of the molecule is CCCCSc1nc(N)c2ncn(C3CCC(C)C3)c2n1. The van der Waals surface area contributed by atoms with E-state index in [2.05, 4.69) is 28.4 Å². The number of thioether (sulfide) groups is 1. The summed E-state index contributed by atoms with van der Waals surface area (Å²) in [6, 6.07) is 0.507. The molecule has 2 unspecified atom stereocenters. The Kier molecular flexibility index (Phi) is 4.33. The van der Waals surface area contributed by atoms with Gasteiger partial charge in [-0.1, -0.05) is 32.0 Å². The molecule has 2 aromatic heterocycles. The highest BCUT2D eigenvalue weighted by atomic mass is 32.2. The summed E-state index contributed by atoms with van der Waals surface area (Å²) < 4.78 is 2.21. The molecule has 1 saturated carbocycles. The summed E-state index contributed by atoms with van der Waals surface area (Å²) in [7, 11) is 0. The number of hydrogen-bond acceptors (Lipinski definition) is 5. The third-order valence-electron chi connectivity index (χ3n) is 4.22. The first-order valence-electron chi connectivity index (χ1n) is 7.82. The van der Waals surface area contributed by atoms with E-state index in [-0.39, 0.29) is 0 Å². The fourth-order valence-corrected chi connectivity index (χ4v) is 3.92. The van der Waals surface area contributed by atoms with E-state index >= 15 is 0 Å². The van der Waals surface area contributed by atoms with Gasteiger partial charge in [-0.25, -0.2) is 15.0 Å². The number of nitrogens with two attached hydrogens (primary N) is 1. The smallest absolute Gasteiger partial charge is 0.191 e. The minimum Gasteiger partial charge on any atom is -0.382 e. The number of nitrogen functional groups attached to an aromatic ring is 1. The zero-order valence-electron chi connectivity index (χ0n) is 12.7. The van der Waals surface area contributed by atoms with Crippen LogP contribution in [0.5, 0.6) is 0 Å². The van der Waals surface area contributed by atoms with Gasteiger partial charge in [0, 0.05) is 11.8 Å². The van der Waals surface area contributed by atoms with Crippen LogP contribution in [0.2, 0.25) is 0 Å². The van der Waals surface area contributed by atoms with Gasteiger partial charge in [0.1, 0.15) is 5.52 Å². The van der Waals surface area contributed by atoms with Crippen LogP contribution in [0.25, 0.3) is 11.2 Å². The number of hydrogen-bond donors (Lipinski definition) is 1. The van der Waals surface area contributed by atoms with E-state index in [1.54, 1.807) is 11.8 Å². The summed E-state index contributed by atoms with van der Waals surface area (Å²) in [4.78, 5) is 13.5. The van der Waals surface area contributed by atoms with Crippen LogP contribution in [0.4, 0.5) is 5.82 Å². The molecule has 0 aliphatic heterocycles.